The van der Waals surface area contributed by atoms with Crippen molar-refractivity contribution in [2.45, 2.75) is 39.5 Å². The third-order valence-corrected chi connectivity index (χ3v) is 3.54. The van der Waals surface area contributed by atoms with Crippen molar-refractivity contribution in [3.63, 3.8) is 0 Å². The number of rotatable bonds is 8. The third-order valence-electron chi connectivity index (χ3n) is 3.54. The molecule has 1 rings (SSSR count). The third kappa shape index (κ3) is 6.05. The standard InChI is InChI=1S/C14H25NO4/c1-10(2)5-7-19-8-6-15-13(16)11-3-4-12(9-11)14(17)18/h10-12H,3-9H2,1-2H3,(H,15,16)(H,17,18)/t11-,12+/m1/s1. The molecule has 0 unspecified atom stereocenters. The van der Waals surface area contributed by atoms with Crippen LogP contribution in [0.5, 0.6) is 0 Å². The first-order valence-corrected chi connectivity index (χ1v) is 7.09. The van der Waals surface area contributed by atoms with Gasteiger partial charge in [-0.05, 0) is 31.6 Å². The van der Waals surface area contributed by atoms with Crippen LogP contribution in [0.15, 0.2) is 0 Å². The van der Waals surface area contributed by atoms with Gasteiger partial charge in [0.1, 0.15) is 0 Å². The first-order chi connectivity index (χ1) is 9.00. The summed E-state index contributed by atoms with van der Waals surface area (Å²) >= 11 is 0. The second-order valence-corrected chi connectivity index (χ2v) is 5.63. The summed E-state index contributed by atoms with van der Waals surface area (Å²) in [5, 5.41) is 11.7. The summed E-state index contributed by atoms with van der Waals surface area (Å²) in [5.74, 6) is -0.681. The minimum Gasteiger partial charge on any atom is -0.481 e. The average Bonchev–Trinajstić information content (AvgIpc) is 2.82. The van der Waals surface area contributed by atoms with Gasteiger partial charge in [0.2, 0.25) is 5.91 Å². The van der Waals surface area contributed by atoms with Gasteiger partial charge in [-0.3, -0.25) is 9.59 Å². The summed E-state index contributed by atoms with van der Waals surface area (Å²) in [6, 6.07) is 0. The van der Waals surface area contributed by atoms with Gasteiger partial charge in [-0.15, -0.1) is 0 Å². The molecule has 0 radical (unpaired) electrons. The zero-order valence-corrected chi connectivity index (χ0v) is 11.9. The Bertz CT molecular complexity index is 304. The Labute approximate surface area is 114 Å². The van der Waals surface area contributed by atoms with E-state index in [-0.39, 0.29) is 17.7 Å². The highest BCUT2D eigenvalue weighted by molar-refractivity contribution is 5.80. The van der Waals surface area contributed by atoms with E-state index in [9.17, 15) is 9.59 Å². The van der Waals surface area contributed by atoms with Crippen molar-refractivity contribution in [3.05, 3.63) is 0 Å². The highest BCUT2D eigenvalue weighted by Gasteiger charge is 2.33. The fraction of sp³-hybridized carbons (Fsp3) is 0.857. The maximum atomic E-state index is 11.8. The molecule has 1 aliphatic rings. The van der Waals surface area contributed by atoms with Crippen molar-refractivity contribution in [2.24, 2.45) is 17.8 Å². The minimum absolute atomic E-state index is 0.0313. The fourth-order valence-electron chi connectivity index (χ4n) is 2.26. The van der Waals surface area contributed by atoms with Crippen LogP contribution in [0.4, 0.5) is 0 Å². The maximum Gasteiger partial charge on any atom is 0.306 e. The lowest BCUT2D eigenvalue weighted by molar-refractivity contribution is -0.141. The molecule has 0 heterocycles. The van der Waals surface area contributed by atoms with Gasteiger partial charge in [0.25, 0.3) is 0 Å². The topological polar surface area (TPSA) is 75.6 Å². The van der Waals surface area contributed by atoms with E-state index in [1.165, 1.54) is 0 Å². The van der Waals surface area contributed by atoms with Crippen molar-refractivity contribution in [3.8, 4) is 0 Å². The van der Waals surface area contributed by atoms with Gasteiger partial charge >= 0.3 is 5.97 Å². The molecule has 1 aliphatic carbocycles. The molecule has 110 valence electrons. The summed E-state index contributed by atoms with van der Waals surface area (Å²) in [7, 11) is 0. The Morgan fingerprint density at radius 1 is 1.26 bits per heavy atom. The molecule has 1 fully saturated rings. The molecule has 0 saturated heterocycles. The number of carbonyl (C=O) groups is 2. The number of carboxylic acid groups (broad SMARTS) is 1. The normalized spacial score (nSPS) is 22.7. The Balaban J connectivity index is 2.07. The van der Waals surface area contributed by atoms with E-state index >= 15 is 0 Å². The molecule has 5 heteroatoms. The lowest BCUT2D eigenvalue weighted by atomic mass is 10.0. The van der Waals surface area contributed by atoms with Crippen LogP contribution < -0.4 is 5.32 Å². The number of amides is 1. The SMILES string of the molecule is CC(C)CCOCCNC(=O)[C@@H]1CC[C@H](C(=O)O)C1. The Morgan fingerprint density at radius 3 is 2.53 bits per heavy atom. The summed E-state index contributed by atoms with van der Waals surface area (Å²) in [5.41, 5.74) is 0. The predicted octanol–water partition coefficient (Wildman–Crippen LogP) is 1.67. The highest BCUT2D eigenvalue weighted by Crippen LogP contribution is 2.30. The van der Waals surface area contributed by atoms with Gasteiger partial charge in [-0.1, -0.05) is 13.8 Å². The van der Waals surface area contributed by atoms with E-state index in [2.05, 4.69) is 19.2 Å². The molecule has 19 heavy (non-hydrogen) atoms. The second kappa shape index (κ2) is 8.15. The van der Waals surface area contributed by atoms with Gasteiger partial charge in [0.15, 0.2) is 0 Å². The Kier molecular flexibility index (Phi) is 6.84. The van der Waals surface area contributed by atoms with Crippen molar-refractivity contribution >= 4 is 11.9 Å². The lowest BCUT2D eigenvalue weighted by Gasteiger charge is -2.11. The molecule has 1 saturated carbocycles. The molecular weight excluding hydrogens is 246 g/mol. The highest BCUT2D eigenvalue weighted by atomic mass is 16.5. The minimum atomic E-state index is -0.785. The summed E-state index contributed by atoms with van der Waals surface area (Å²) < 4.78 is 5.41. The van der Waals surface area contributed by atoms with Gasteiger partial charge < -0.3 is 15.2 Å². The van der Waals surface area contributed by atoms with Crippen LogP contribution in [0.2, 0.25) is 0 Å². The number of hydrogen-bond donors (Lipinski definition) is 2. The van der Waals surface area contributed by atoms with Crippen LogP contribution in [0.25, 0.3) is 0 Å². The number of ether oxygens (including phenoxy) is 1. The molecule has 0 aliphatic heterocycles. The molecule has 1 amide bonds. The van der Waals surface area contributed by atoms with Crippen LogP contribution >= 0.6 is 0 Å². The van der Waals surface area contributed by atoms with Crippen LogP contribution in [-0.4, -0.2) is 36.7 Å². The molecule has 0 bridgehead atoms. The van der Waals surface area contributed by atoms with Crippen molar-refractivity contribution in [1.29, 1.82) is 0 Å². The monoisotopic (exact) mass is 271 g/mol. The van der Waals surface area contributed by atoms with E-state index in [0.29, 0.717) is 38.3 Å². The first kappa shape index (κ1) is 16.0. The quantitative estimate of drug-likeness (QED) is 0.658. The number of hydrogen-bond acceptors (Lipinski definition) is 3. The molecular formula is C14H25NO4. The van der Waals surface area contributed by atoms with Crippen LogP contribution in [0, 0.1) is 17.8 Å². The number of nitrogens with one attached hydrogen (secondary N) is 1. The Hall–Kier alpha value is -1.10. The largest absolute Gasteiger partial charge is 0.481 e. The number of carbonyl (C=O) groups excluding carboxylic acids is 1. The van der Waals surface area contributed by atoms with E-state index in [0.717, 1.165) is 13.0 Å². The summed E-state index contributed by atoms with van der Waals surface area (Å²) in [6.07, 6.45) is 2.78. The lowest BCUT2D eigenvalue weighted by Crippen LogP contribution is -2.32. The zero-order chi connectivity index (χ0) is 14.3. The maximum absolute atomic E-state index is 11.8. The van der Waals surface area contributed by atoms with Crippen LogP contribution in [-0.2, 0) is 14.3 Å². The van der Waals surface area contributed by atoms with E-state index in [1.807, 2.05) is 0 Å². The second-order valence-electron chi connectivity index (χ2n) is 5.63. The molecule has 2 atom stereocenters. The summed E-state index contributed by atoms with van der Waals surface area (Å²) in [4.78, 5) is 22.6. The zero-order valence-electron chi connectivity index (χ0n) is 11.9. The first-order valence-electron chi connectivity index (χ1n) is 7.09. The van der Waals surface area contributed by atoms with Crippen molar-refractivity contribution in [1.82, 2.24) is 5.32 Å². The van der Waals surface area contributed by atoms with Crippen molar-refractivity contribution in [2.75, 3.05) is 19.8 Å². The van der Waals surface area contributed by atoms with E-state index in [1.54, 1.807) is 0 Å². The summed E-state index contributed by atoms with van der Waals surface area (Å²) in [6.45, 7) is 6.03. The fourth-order valence-corrected chi connectivity index (χ4v) is 2.26. The van der Waals surface area contributed by atoms with E-state index in [4.69, 9.17) is 9.84 Å². The molecule has 0 spiro atoms. The number of carboxylic acids is 1. The smallest absolute Gasteiger partial charge is 0.306 e. The molecule has 2 N–H and O–H groups in total. The number of aliphatic carboxylic acids is 1. The van der Waals surface area contributed by atoms with Crippen LogP contribution in [0.3, 0.4) is 0 Å². The molecule has 0 aromatic heterocycles. The average molecular weight is 271 g/mol. The van der Waals surface area contributed by atoms with E-state index < -0.39 is 5.97 Å². The van der Waals surface area contributed by atoms with Crippen molar-refractivity contribution < 1.29 is 19.4 Å². The van der Waals surface area contributed by atoms with Gasteiger partial charge in [0.05, 0.1) is 12.5 Å². The molecule has 0 aromatic carbocycles. The molecule has 0 aromatic rings. The predicted molar refractivity (Wildman–Crippen MR) is 71.8 cm³/mol. The van der Waals surface area contributed by atoms with Gasteiger partial charge in [-0.25, -0.2) is 0 Å². The Morgan fingerprint density at radius 2 is 1.95 bits per heavy atom. The van der Waals surface area contributed by atoms with Crippen LogP contribution in [0.1, 0.15) is 39.5 Å². The van der Waals surface area contributed by atoms with Gasteiger partial charge in [-0.2, -0.15) is 0 Å². The molecule has 5 nitrogen and oxygen atoms in total. The van der Waals surface area contributed by atoms with Gasteiger partial charge in [0, 0.05) is 19.1 Å².